The van der Waals surface area contributed by atoms with Crippen molar-refractivity contribution in [1.29, 1.82) is 0 Å². The lowest BCUT2D eigenvalue weighted by atomic mass is 9.96. The van der Waals surface area contributed by atoms with Crippen LogP contribution in [0.2, 0.25) is 0 Å². The van der Waals surface area contributed by atoms with E-state index in [0.29, 0.717) is 5.69 Å². The highest BCUT2D eigenvalue weighted by Gasteiger charge is 2.49. The van der Waals surface area contributed by atoms with Crippen LogP contribution in [0.1, 0.15) is 32.4 Å². The van der Waals surface area contributed by atoms with Crippen molar-refractivity contribution < 1.29 is 14.3 Å². The molecule has 1 aromatic carbocycles. The van der Waals surface area contributed by atoms with Crippen LogP contribution in [0.3, 0.4) is 0 Å². The molecular weight excluding hydrogens is 308 g/mol. The Hall–Kier alpha value is -2.70. The lowest BCUT2D eigenvalue weighted by Gasteiger charge is -2.27. The van der Waals surface area contributed by atoms with Gasteiger partial charge in [0.15, 0.2) is 0 Å². The van der Waals surface area contributed by atoms with Gasteiger partial charge in [0.05, 0.1) is 11.9 Å². The molecule has 1 unspecified atom stereocenters. The van der Waals surface area contributed by atoms with Crippen LogP contribution in [-0.4, -0.2) is 32.4 Å². The molecule has 0 saturated heterocycles. The van der Waals surface area contributed by atoms with Gasteiger partial charge in [0.25, 0.3) is 0 Å². The zero-order valence-corrected chi connectivity index (χ0v) is 13.7. The van der Waals surface area contributed by atoms with Crippen LogP contribution in [0.4, 0.5) is 0 Å². The fourth-order valence-electron chi connectivity index (χ4n) is 2.71. The number of benzene rings is 1. The number of aromatic nitrogens is 3. The number of nitrogens with zero attached hydrogens (tertiary/aromatic N) is 3. The van der Waals surface area contributed by atoms with Crippen molar-refractivity contribution >= 4 is 11.9 Å². The van der Waals surface area contributed by atoms with Gasteiger partial charge in [-0.05, 0) is 37.8 Å². The number of hydrogen-bond acceptors (Lipinski definition) is 5. The molecule has 0 bridgehead atoms. The van der Waals surface area contributed by atoms with Crippen LogP contribution >= 0.6 is 0 Å². The van der Waals surface area contributed by atoms with Gasteiger partial charge < -0.3 is 10.1 Å². The molecule has 1 heterocycles. The van der Waals surface area contributed by atoms with Crippen molar-refractivity contribution in [1.82, 2.24) is 20.3 Å². The predicted molar refractivity (Wildman–Crippen MR) is 86.1 cm³/mol. The van der Waals surface area contributed by atoms with Gasteiger partial charge in [-0.15, -0.1) is 5.10 Å². The van der Waals surface area contributed by atoms with E-state index in [1.165, 1.54) is 6.92 Å². The predicted octanol–water partition coefficient (Wildman–Crippen LogP) is 1.62. The van der Waals surface area contributed by atoms with Gasteiger partial charge >= 0.3 is 5.97 Å². The molecule has 24 heavy (non-hydrogen) atoms. The monoisotopic (exact) mass is 328 g/mol. The number of para-hydroxylation sites is 1. The summed E-state index contributed by atoms with van der Waals surface area (Å²) in [7, 11) is 0. The Morgan fingerprint density at radius 3 is 2.67 bits per heavy atom. The van der Waals surface area contributed by atoms with Gasteiger partial charge in [-0.25, -0.2) is 9.48 Å². The van der Waals surface area contributed by atoms with Crippen molar-refractivity contribution in [3.63, 3.8) is 0 Å². The van der Waals surface area contributed by atoms with Crippen molar-refractivity contribution in [3.8, 4) is 5.69 Å². The summed E-state index contributed by atoms with van der Waals surface area (Å²) in [6, 6.07) is 9.55. The number of rotatable bonds is 6. The number of nitrogens with one attached hydrogen (secondary N) is 1. The molecule has 0 aliphatic heterocycles. The van der Waals surface area contributed by atoms with Gasteiger partial charge in [-0.3, -0.25) is 4.79 Å². The summed E-state index contributed by atoms with van der Waals surface area (Å²) in [5.41, 5.74) is 0.457. The number of ether oxygens (including phenoxy) is 1. The minimum absolute atomic E-state index is 0.0214. The molecule has 1 atom stereocenters. The van der Waals surface area contributed by atoms with E-state index in [0.717, 1.165) is 18.5 Å². The van der Waals surface area contributed by atoms with Crippen LogP contribution in [-0.2, 0) is 20.9 Å². The van der Waals surface area contributed by atoms with E-state index in [4.69, 9.17) is 4.74 Å². The third kappa shape index (κ3) is 3.45. The third-order valence-corrected chi connectivity index (χ3v) is 4.17. The van der Waals surface area contributed by atoms with E-state index in [1.54, 1.807) is 17.8 Å². The second-order valence-corrected chi connectivity index (χ2v) is 6.22. The smallest absolute Gasteiger partial charge is 0.332 e. The Bertz CT molecular complexity index is 739. The molecule has 1 aliphatic rings. The first-order chi connectivity index (χ1) is 11.5. The summed E-state index contributed by atoms with van der Waals surface area (Å²) in [4.78, 5) is 23.8. The van der Waals surface area contributed by atoms with E-state index in [1.807, 2.05) is 30.3 Å². The van der Waals surface area contributed by atoms with Gasteiger partial charge in [0, 0.05) is 6.92 Å². The summed E-state index contributed by atoms with van der Waals surface area (Å²) in [5.74, 6) is -0.542. The summed E-state index contributed by atoms with van der Waals surface area (Å²) in [5, 5.41) is 10.8. The van der Waals surface area contributed by atoms with Crippen LogP contribution in [0.15, 0.2) is 36.5 Å². The molecule has 1 fully saturated rings. The topological polar surface area (TPSA) is 86.1 Å². The number of hydrogen-bond donors (Lipinski definition) is 1. The van der Waals surface area contributed by atoms with Crippen molar-refractivity contribution in [2.75, 3.05) is 0 Å². The number of carbonyl (C=O) groups excluding carboxylic acids is 2. The van der Waals surface area contributed by atoms with Crippen LogP contribution < -0.4 is 5.32 Å². The summed E-state index contributed by atoms with van der Waals surface area (Å²) in [6.07, 6.45) is 3.54. The van der Waals surface area contributed by atoms with Crippen LogP contribution in [0.5, 0.6) is 0 Å². The number of amides is 1. The van der Waals surface area contributed by atoms with Crippen molar-refractivity contribution in [2.45, 2.75) is 38.8 Å². The molecular formula is C17H20N4O3. The largest absolute Gasteiger partial charge is 0.457 e. The second-order valence-electron chi connectivity index (χ2n) is 6.22. The average Bonchev–Trinajstić information content (AvgIpc) is 3.32. The highest BCUT2D eigenvalue weighted by Crippen LogP contribution is 2.40. The van der Waals surface area contributed by atoms with Gasteiger partial charge in [0.2, 0.25) is 5.91 Å². The summed E-state index contributed by atoms with van der Waals surface area (Å²) in [6.45, 7) is 3.14. The lowest BCUT2D eigenvalue weighted by molar-refractivity contribution is -0.155. The van der Waals surface area contributed by atoms with E-state index < -0.39 is 11.5 Å². The zero-order chi connectivity index (χ0) is 17.2. The van der Waals surface area contributed by atoms with Crippen molar-refractivity contribution in [2.24, 2.45) is 5.92 Å². The minimum Gasteiger partial charge on any atom is -0.457 e. The zero-order valence-electron chi connectivity index (χ0n) is 13.7. The first kappa shape index (κ1) is 16.2. The Morgan fingerprint density at radius 1 is 1.33 bits per heavy atom. The highest BCUT2D eigenvalue weighted by atomic mass is 16.5. The molecule has 3 rings (SSSR count). The number of esters is 1. The van der Waals surface area contributed by atoms with Crippen LogP contribution in [0, 0.1) is 5.92 Å². The molecule has 7 heteroatoms. The molecule has 1 aliphatic carbocycles. The average molecular weight is 328 g/mol. The van der Waals surface area contributed by atoms with Crippen molar-refractivity contribution in [3.05, 3.63) is 42.2 Å². The first-order valence-corrected chi connectivity index (χ1v) is 7.91. The molecule has 0 radical (unpaired) electrons. The minimum atomic E-state index is -0.971. The molecule has 1 N–H and O–H groups in total. The molecule has 1 saturated carbocycles. The highest BCUT2D eigenvalue weighted by molar-refractivity contribution is 5.87. The fourth-order valence-corrected chi connectivity index (χ4v) is 2.71. The molecule has 1 aromatic heterocycles. The fraction of sp³-hybridized carbons (Fsp3) is 0.412. The Morgan fingerprint density at radius 2 is 2.04 bits per heavy atom. The maximum atomic E-state index is 12.4. The lowest BCUT2D eigenvalue weighted by Crippen LogP contribution is -2.54. The van der Waals surface area contributed by atoms with E-state index in [9.17, 15) is 9.59 Å². The molecule has 0 spiro atoms. The van der Waals surface area contributed by atoms with Crippen LogP contribution in [0.25, 0.3) is 5.69 Å². The normalized spacial score (nSPS) is 16.2. The maximum Gasteiger partial charge on any atom is 0.332 e. The maximum absolute atomic E-state index is 12.4. The second kappa shape index (κ2) is 6.43. The molecule has 2 aromatic rings. The quantitative estimate of drug-likeness (QED) is 0.814. The van der Waals surface area contributed by atoms with E-state index in [-0.39, 0.29) is 18.4 Å². The molecule has 1 amide bonds. The third-order valence-electron chi connectivity index (χ3n) is 4.17. The summed E-state index contributed by atoms with van der Waals surface area (Å²) >= 11 is 0. The number of carbonyl (C=O) groups is 2. The summed E-state index contributed by atoms with van der Waals surface area (Å²) < 4.78 is 7.00. The van der Waals surface area contributed by atoms with Gasteiger partial charge in [-0.1, -0.05) is 23.4 Å². The van der Waals surface area contributed by atoms with Gasteiger partial charge in [0.1, 0.15) is 17.8 Å². The van der Waals surface area contributed by atoms with E-state index >= 15 is 0 Å². The first-order valence-electron chi connectivity index (χ1n) is 7.91. The molecule has 7 nitrogen and oxygen atoms in total. The molecule has 126 valence electrons. The Balaban J connectivity index is 1.64. The standard InChI is InChI=1S/C17H20N4O3/c1-12(22)18-17(2,13-8-9-13)16(23)24-11-14-10-21(20-19-14)15-6-4-3-5-7-15/h3-7,10,13H,8-9,11H2,1-2H3,(H,18,22). The Labute approximate surface area is 140 Å². The van der Waals surface area contributed by atoms with E-state index in [2.05, 4.69) is 15.6 Å². The SMILES string of the molecule is CC(=O)NC(C)(C(=O)OCc1cn(-c2ccccc2)nn1)C1CC1. The van der Waals surface area contributed by atoms with Gasteiger partial charge in [-0.2, -0.15) is 0 Å². The Kier molecular flexibility index (Phi) is 4.33.